The van der Waals surface area contributed by atoms with Gasteiger partial charge < -0.3 is 14.3 Å². The standard InChI is InChI=1S/C8H9ClN4O2/c9-3-1-7-12-13-8(14-7)10-5-6-2-4-11-15-6/h2,4H,1,3,5H2,(H,10,13). The maximum atomic E-state index is 5.53. The lowest BCUT2D eigenvalue weighted by Crippen LogP contribution is -1.97. The number of hydrogen-bond acceptors (Lipinski definition) is 6. The fraction of sp³-hybridized carbons (Fsp3) is 0.375. The molecule has 0 aromatic carbocycles. The number of aromatic nitrogens is 3. The topological polar surface area (TPSA) is 77.0 Å². The highest BCUT2D eigenvalue weighted by Crippen LogP contribution is 2.08. The molecule has 6 nitrogen and oxygen atoms in total. The van der Waals surface area contributed by atoms with E-state index in [2.05, 4.69) is 20.7 Å². The molecule has 0 radical (unpaired) electrons. The minimum Gasteiger partial charge on any atom is -0.408 e. The van der Waals surface area contributed by atoms with E-state index in [-0.39, 0.29) is 0 Å². The zero-order chi connectivity index (χ0) is 10.5. The van der Waals surface area contributed by atoms with Gasteiger partial charge in [0.2, 0.25) is 5.89 Å². The van der Waals surface area contributed by atoms with Crippen LogP contribution in [0.4, 0.5) is 6.01 Å². The average Bonchev–Trinajstić information content (AvgIpc) is 2.85. The Kier molecular flexibility index (Phi) is 3.18. The predicted molar refractivity (Wildman–Crippen MR) is 52.6 cm³/mol. The first-order valence-electron chi connectivity index (χ1n) is 4.40. The van der Waals surface area contributed by atoms with Gasteiger partial charge in [0.25, 0.3) is 0 Å². The molecule has 2 heterocycles. The van der Waals surface area contributed by atoms with Crippen LogP contribution in [-0.2, 0) is 13.0 Å². The molecule has 2 aromatic rings. The highest BCUT2D eigenvalue weighted by molar-refractivity contribution is 6.17. The Balaban J connectivity index is 1.88. The molecule has 0 saturated carbocycles. The molecular formula is C8H9ClN4O2. The molecule has 0 aliphatic carbocycles. The molecule has 15 heavy (non-hydrogen) atoms. The minimum absolute atomic E-state index is 0.353. The quantitative estimate of drug-likeness (QED) is 0.781. The summed E-state index contributed by atoms with van der Waals surface area (Å²) in [6, 6.07) is 2.11. The van der Waals surface area contributed by atoms with E-state index in [0.717, 1.165) is 0 Å². The van der Waals surface area contributed by atoms with Crippen LogP contribution in [0.25, 0.3) is 0 Å². The summed E-state index contributed by atoms with van der Waals surface area (Å²) < 4.78 is 10.1. The summed E-state index contributed by atoms with van der Waals surface area (Å²) >= 11 is 5.53. The van der Waals surface area contributed by atoms with Gasteiger partial charge in [-0.1, -0.05) is 10.3 Å². The van der Waals surface area contributed by atoms with Crippen molar-refractivity contribution in [3.63, 3.8) is 0 Å². The van der Waals surface area contributed by atoms with Gasteiger partial charge in [-0.25, -0.2) is 0 Å². The van der Waals surface area contributed by atoms with Crippen LogP contribution < -0.4 is 5.32 Å². The number of rotatable bonds is 5. The number of halogens is 1. The molecule has 0 spiro atoms. The third-order valence-corrected chi connectivity index (χ3v) is 1.87. The summed E-state index contributed by atoms with van der Waals surface area (Å²) in [6.07, 6.45) is 2.14. The lowest BCUT2D eigenvalue weighted by Gasteiger charge is -1.95. The Hall–Kier alpha value is -1.56. The number of aryl methyl sites for hydroxylation is 1. The van der Waals surface area contributed by atoms with Crippen molar-refractivity contribution in [1.82, 2.24) is 15.4 Å². The van der Waals surface area contributed by atoms with Crippen LogP contribution in [0.15, 0.2) is 21.2 Å². The number of nitrogens with one attached hydrogen (secondary N) is 1. The molecule has 0 atom stereocenters. The van der Waals surface area contributed by atoms with E-state index < -0.39 is 0 Å². The number of hydrogen-bond donors (Lipinski definition) is 1. The monoisotopic (exact) mass is 228 g/mol. The molecule has 2 rings (SSSR count). The van der Waals surface area contributed by atoms with Gasteiger partial charge in [0.1, 0.15) is 0 Å². The molecule has 1 N–H and O–H groups in total. The Morgan fingerprint density at radius 2 is 2.33 bits per heavy atom. The second-order valence-electron chi connectivity index (χ2n) is 2.77. The Morgan fingerprint density at radius 1 is 1.40 bits per heavy atom. The third kappa shape index (κ3) is 2.69. The van der Waals surface area contributed by atoms with Crippen LogP contribution in [-0.4, -0.2) is 21.2 Å². The van der Waals surface area contributed by atoms with Crippen molar-refractivity contribution in [2.75, 3.05) is 11.2 Å². The Labute approximate surface area is 90.6 Å². The summed E-state index contributed by atoms with van der Waals surface area (Å²) in [7, 11) is 0. The fourth-order valence-corrected chi connectivity index (χ4v) is 1.16. The van der Waals surface area contributed by atoms with Gasteiger partial charge in [0.05, 0.1) is 12.7 Å². The van der Waals surface area contributed by atoms with Gasteiger partial charge in [-0.05, 0) is 0 Å². The average molecular weight is 229 g/mol. The molecule has 0 amide bonds. The molecule has 2 aromatic heterocycles. The van der Waals surface area contributed by atoms with Crippen LogP contribution in [0.2, 0.25) is 0 Å². The second-order valence-corrected chi connectivity index (χ2v) is 3.15. The summed E-state index contributed by atoms with van der Waals surface area (Å²) in [5.74, 6) is 1.68. The maximum Gasteiger partial charge on any atom is 0.315 e. The fourth-order valence-electron chi connectivity index (χ4n) is 1.00. The predicted octanol–water partition coefficient (Wildman–Crippen LogP) is 1.45. The van der Waals surface area contributed by atoms with E-state index in [1.165, 1.54) is 0 Å². The van der Waals surface area contributed by atoms with Crippen molar-refractivity contribution < 1.29 is 8.94 Å². The Morgan fingerprint density at radius 3 is 3.07 bits per heavy atom. The number of alkyl halides is 1. The van der Waals surface area contributed by atoms with Crippen molar-refractivity contribution in [1.29, 1.82) is 0 Å². The highest BCUT2D eigenvalue weighted by atomic mass is 35.5. The van der Waals surface area contributed by atoms with E-state index in [4.69, 9.17) is 20.5 Å². The van der Waals surface area contributed by atoms with Crippen molar-refractivity contribution in [2.45, 2.75) is 13.0 Å². The number of anilines is 1. The zero-order valence-corrected chi connectivity index (χ0v) is 8.57. The van der Waals surface area contributed by atoms with Gasteiger partial charge in [-0.2, -0.15) is 0 Å². The van der Waals surface area contributed by atoms with Crippen LogP contribution >= 0.6 is 11.6 Å². The van der Waals surface area contributed by atoms with E-state index in [1.807, 2.05) is 0 Å². The molecule has 7 heteroatoms. The summed E-state index contributed by atoms with van der Waals surface area (Å²) in [4.78, 5) is 0. The Bertz CT molecular complexity index is 400. The van der Waals surface area contributed by atoms with Crippen molar-refractivity contribution >= 4 is 17.6 Å². The van der Waals surface area contributed by atoms with Crippen molar-refractivity contribution in [3.8, 4) is 0 Å². The zero-order valence-electron chi connectivity index (χ0n) is 7.81. The molecule has 0 saturated heterocycles. The molecule has 0 bridgehead atoms. The van der Waals surface area contributed by atoms with Gasteiger partial charge in [0, 0.05) is 18.4 Å². The molecule has 0 fully saturated rings. The molecule has 0 aliphatic heterocycles. The van der Waals surface area contributed by atoms with E-state index in [0.29, 0.717) is 36.5 Å². The van der Waals surface area contributed by atoms with Crippen LogP contribution in [0.5, 0.6) is 0 Å². The smallest absolute Gasteiger partial charge is 0.315 e. The maximum absolute atomic E-state index is 5.53. The molecule has 0 aliphatic rings. The lowest BCUT2D eigenvalue weighted by atomic mass is 10.5. The van der Waals surface area contributed by atoms with Crippen molar-refractivity contribution in [3.05, 3.63) is 23.9 Å². The third-order valence-electron chi connectivity index (χ3n) is 1.68. The summed E-state index contributed by atoms with van der Waals surface area (Å²) in [5.41, 5.74) is 0. The van der Waals surface area contributed by atoms with E-state index in [9.17, 15) is 0 Å². The van der Waals surface area contributed by atoms with Crippen LogP contribution in [0, 0.1) is 0 Å². The first-order chi connectivity index (χ1) is 7.38. The SMILES string of the molecule is ClCCc1nnc(NCc2ccno2)o1. The summed E-state index contributed by atoms with van der Waals surface area (Å²) in [5, 5.41) is 14.1. The van der Waals surface area contributed by atoms with E-state index >= 15 is 0 Å². The molecule has 0 unspecified atom stereocenters. The minimum atomic E-state index is 0.353. The van der Waals surface area contributed by atoms with E-state index in [1.54, 1.807) is 12.3 Å². The van der Waals surface area contributed by atoms with Gasteiger partial charge in [0.15, 0.2) is 5.76 Å². The normalized spacial score (nSPS) is 10.5. The molecular weight excluding hydrogens is 220 g/mol. The second kappa shape index (κ2) is 4.79. The largest absolute Gasteiger partial charge is 0.408 e. The first kappa shape index (κ1) is 9.97. The van der Waals surface area contributed by atoms with Crippen molar-refractivity contribution in [2.24, 2.45) is 0 Å². The number of nitrogens with zero attached hydrogens (tertiary/aromatic N) is 3. The van der Waals surface area contributed by atoms with Gasteiger partial charge >= 0.3 is 6.01 Å². The summed E-state index contributed by atoms with van der Waals surface area (Å²) in [6.45, 7) is 0.461. The highest BCUT2D eigenvalue weighted by Gasteiger charge is 2.05. The van der Waals surface area contributed by atoms with Gasteiger partial charge in [-0.3, -0.25) is 0 Å². The lowest BCUT2D eigenvalue weighted by molar-refractivity contribution is 0.386. The van der Waals surface area contributed by atoms with Gasteiger partial charge in [-0.15, -0.1) is 16.7 Å². The molecule has 80 valence electrons. The van der Waals surface area contributed by atoms with Crippen LogP contribution in [0.1, 0.15) is 11.7 Å². The van der Waals surface area contributed by atoms with Crippen LogP contribution in [0.3, 0.4) is 0 Å². The first-order valence-corrected chi connectivity index (χ1v) is 4.93.